The van der Waals surface area contributed by atoms with E-state index in [2.05, 4.69) is 11.9 Å². The average molecular weight is 368 g/mol. The number of nitrogens with zero attached hydrogens (tertiary/aromatic N) is 4. The predicted octanol–water partition coefficient (Wildman–Crippen LogP) is 2.82. The minimum Gasteiger partial charge on any atom is -0.341 e. The smallest absolute Gasteiger partial charge is 0.248 e. The van der Waals surface area contributed by atoms with Gasteiger partial charge in [0.05, 0.1) is 17.4 Å². The Morgan fingerprint density at radius 2 is 1.93 bits per heavy atom. The Morgan fingerprint density at radius 1 is 1.15 bits per heavy atom. The quantitative estimate of drug-likeness (QED) is 0.815. The summed E-state index contributed by atoms with van der Waals surface area (Å²) in [4.78, 5) is 34.5. The number of carbonyl (C=O) groups is 2. The molecule has 2 saturated heterocycles. The van der Waals surface area contributed by atoms with Gasteiger partial charge in [0.2, 0.25) is 11.8 Å². The normalized spacial score (nSPS) is 22.9. The summed E-state index contributed by atoms with van der Waals surface area (Å²) in [6.45, 7) is 5.02. The number of benzene rings is 1. The molecule has 0 N–H and O–H groups in total. The highest BCUT2D eigenvalue weighted by Crippen LogP contribution is 2.38. The third kappa shape index (κ3) is 3.11. The van der Waals surface area contributed by atoms with E-state index in [-0.39, 0.29) is 11.8 Å². The molecule has 0 radical (unpaired) electrons. The molecule has 27 heavy (non-hydrogen) atoms. The van der Waals surface area contributed by atoms with Crippen molar-refractivity contribution < 1.29 is 9.59 Å². The van der Waals surface area contributed by atoms with Gasteiger partial charge in [0, 0.05) is 32.6 Å². The highest BCUT2D eigenvalue weighted by molar-refractivity contribution is 5.92. The molecule has 144 valence electrons. The van der Waals surface area contributed by atoms with Gasteiger partial charge in [-0.05, 0) is 44.2 Å². The summed E-state index contributed by atoms with van der Waals surface area (Å²) >= 11 is 0. The van der Waals surface area contributed by atoms with Crippen LogP contribution in [-0.2, 0) is 16.1 Å². The van der Waals surface area contributed by atoms with Gasteiger partial charge in [0.1, 0.15) is 5.54 Å². The zero-order valence-electron chi connectivity index (χ0n) is 16.1. The molecule has 6 heteroatoms. The van der Waals surface area contributed by atoms with Crippen molar-refractivity contribution in [2.75, 3.05) is 19.6 Å². The summed E-state index contributed by atoms with van der Waals surface area (Å²) in [7, 11) is 0. The van der Waals surface area contributed by atoms with Crippen LogP contribution in [0.3, 0.4) is 0 Å². The molecule has 2 aliphatic rings. The van der Waals surface area contributed by atoms with Gasteiger partial charge in [0.15, 0.2) is 0 Å². The topological polar surface area (TPSA) is 58.4 Å². The van der Waals surface area contributed by atoms with Crippen LogP contribution in [0.2, 0.25) is 0 Å². The maximum absolute atomic E-state index is 13.2. The Balaban J connectivity index is 1.48. The summed E-state index contributed by atoms with van der Waals surface area (Å²) in [5.74, 6) is 0.270. The Hall–Kier alpha value is -2.37. The zero-order chi connectivity index (χ0) is 18.9. The maximum Gasteiger partial charge on any atom is 0.248 e. The number of amides is 2. The minimum absolute atomic E-state index is 0.0944. The zero-order valence-corrected chi connectivity index (χ0v) is 16.1. The first-order valence-corrected chi connectivity index (χ1v) is 10.2. The van der Waals surface area contributed by atoms with Crippen molar-refractivity contribution in [2.45, 2.75) is 57.5 Å². The first-order chi connectivity index (χ1) is 13.2. The van der Waals surface area contributed by atoms with Crippen molar-refractivity contribution in [1.82, 2.24) is 19.4 Å². The summed E-state index contributed by atoms with van der Waals surface area (Å²) < 4.78 is 2.03. The number of para-hydroxylation sites is 2. The number of piperidine rings is 1. The fourth-order valence-corrected chi connectivity index (χ4v) is 4.81. The van der Waals surface area contributed by atoms with Crippen LogP contribution in [0.1, 0.15) is 45.4 Å². The second kappa shape index (κ2) is 7.33. The Labute approximate surface area is 160 Å². The molecule has 1 aromatic carbocycles. The fraction of sp³-hybridized carbons (Fsp3) is 0.571. The highest BCUT2D eigenvalue weighted by atomic mass is 16.2. The van der Waals surface area contributed by atoms with E-state index in [1.54, 1.807) is 6.33 Å². The van der Waals surface area contributed by atoms with Crippen LogP contribution in [0.15, 0.2) is 30.6 Å². The number of rotatable bonds is 5. The molecular formula is C21H28N4O2. The second-order valence-corrected chi connectivity index (χ2v) is 7.75. The van der Waals surface area contributed by atoms with Crippen LogP contribution in [0.5, 0.6) is 0 Å². The Kier molecular flexibility index (Phi) is 4.89. The first kappa shape index (κ1) is 18.0. The molecule has 1 atom stereocenters. The summed E-state index contributed by atoms with van der Waals surface area (Å²) in [5.41, 5.74) is 1.41. The molecule has 3 heterocycles. The number of hydrogen-bond donors (Lipinski definition) is 0. The molecule has 2 amide bonds. The van der Waals surface area contributed by atoms with Crippen LogP contribution in [-0.4, -0.2) is 56.3 Å². The van der Waals surface area contributed by atoms with Crippen molar-refractivity contribution in [1.29, 1.82) is 0 Å². The molecule has 6 nitrogen and oxygen atoms in total. The van der Waals surface area contributed by atoms with Crippen LogP contribution in [0.4, 0.5) is 0 Å². The van der Waals surface area contributed by atoms with E-state index in [0.29, 0.717) is 19.5 Å². The van der Waals surface area contributed by atoms with E-state index in [1.807, 2.05) is 38.6 Å². The van der Waals surface area contributed by atoms with Gasteiger partial charge in [-0.3, -0.25) is 9.59 Å². The molecule has 0 saturated carbocycles. The van der Waals surface area contributed by atoms with Crippen LogP contribution in [0, 0.1) is 0 Å². The molecule has 1 unspecified atom stereocenters. The number of imidazole rings is 1. The molecule has 2 fully saturated rings. The van der Waals surface area contributed by atoms with E-state index < -0.39 is 5.54 Å². The minimum atomic E-state index is -0.582. The standard InChI is InChI=1S/C21H28N4O2/c1-2-12-23-13-5-10-21(20(23)27)11-6-14-25(21)19(26)9-15-24-16-22-17-7-3-4-8-18(17)24/h3-4,7-8,16H,2,5-6,9-15H2,1H3. The highest BCUT2D eigenvalue weighted by Gasteiger charge is 2.52. The lowest BCUT2D eigenvalue weighted by atomic mass is 9.85. The van der Waals surface area contributed by atoms with Gasteiger partial charge < -0.3 is 14.4 Å². The van der Waals surface area contributed by atoms with Crippen molar-refractivity contribution in [3.8, 4) is 0 Å². The Bertz CT molecular complexity index is 844. The third-order valence-corrected chi connectivity index (χ3v) is 6.08. The second-order valence-electron chi connectivity index (χ2n) is 7.75. The van der Waals surface area contributed by atoms with Crippen LogP contribution in [0.25, 0.3) is 11.0 Å². The molecule has 4 rings (SSSR count). The van der Waals surface area contributed by atoms with Gasteiger partial charge in [0.25, 0.3) is 0 Å². The lowest BCUT2D eigenvalue weighted by Crippen LogP contribution is -2.61. The SMILES string of the molecule is CCCN1CCCC2(CCCN2C(=O)CCn2cnc3ccccc32)C1=O. The number of likely N-dealkylation sites (tertiary alicyclic amines) is 2. The lowest BCUT2D eigenvalue weighted by molar-refractivity contribution is -0.155. The van der Waals surface area contributed by atoms with Crippen LogP contribution < -0.4 is 0 Å². The van der Waals surface area contributed by atoms with Crippen LogP contribution >= 0.6 is 0 Å². The van der Waals surface area contributed by atoms with E-state index >= 15 is 0 Å². The number of aromatic nitrogens is 2. The first-order valence-electron chi connectivity index (χ1n) is 10.2. The molecule has 0 aliphatic carbocycles. The number of fused-ring (bicyclic) bond motifs is 1. The number of aryl methyl sites for hydroxylation is 1. The number of hydrogen-bond acceptors (Lipinski definition) is 3. The summed E-state index contributed by atoms with van der Waals surface area (Å²) in [6, 6.07) is 7.96. The van der Waals surface area contributed by atoms with Crippen molar-refractivity contribution in [3.05, 3.63) is 30.6 Å². The van der Waals surface area contributed by atoms with Gasteiger partial charge in [-0.2, -0.15) is 0 Å². The maximum atomic E-state index is 13.2. The summed E-state index contributed by atoms with van der Waals surface area (Å²) in [6.07, 6.45) is 6.70. The molecule has 2 aromatic rings. The predicted molar refractivity (Wildman–Crippen MR) is 104 cm³/mol. The van der Waals surface area contributed by atoms with E-state index in [9.17, 15) is 9.59 Å². The van der Waals surface area contributed by atoms with Gasteiger partial charge in [-0.25, -0.2) is 4.98 Å². The van der Waals surface area contributed by atoms with E-state index in [0.717, 1.165) is 56.2 Å². The molecule has 1 aromatic heterocycles. The summed E-state index contributed by atoms with van der Waals surface area (Å²) in [5, 5.41) is 0. The molecule has 0 bridgehead atoms. The monoisotopic (exact) mass is 368 g/mol. The molecular weight excluding hydrogens is 340 g/mol. The molecule has 2 aliphatic heterocycles. The Morgan fingerprint density at radius 3 is 2.74 bits per heavy atom. The van der Waals surface area contributed by atoms with Crippen molar-refractivity contribution in [2.24, 2.45) is 0 Å². The largest absolute Gasteiger partial charge is 0.341 e. The van der Waals surface area contributed by atoms with Gasteiger partial charge in [-0.15, -0.1) is 0 Å². The average Bonchev–Trinajstić information content (AvgIpc) is 3.29. The van der Waals surface area contributed by atoms with E-state index in [4.69, 9.17) is 0 Å². The number of carbonyl (C=O) groups excluding carboxylic acids is 2. The fourth-order valence-electron chi connectivity index (χ4n) is 4.81. The third-order valence-electron chi connectivity index (χ3n) is 6.08. The lowest BCUT2D eigenvalue weighted by Gasteiger charge is -2.44. The molecule has 1 spiro atoms. The van der Waals surface area contributed by atoms with Gasteiger partial charge >= 0.3 is 0 Å². The van der Waals surface area contributed by atoms with Crippen molar-refractivity contribution in [3.63, 3.8) is 0 Å². The van der Waals surface area contributed by atoms with E-state index in [1.165, 1.54) is 0 Å². The van der Waals surface area contributed by atoms with Gasteiger partial charge in [-0.1, -0.05) is 19.1 Å². The van der Waals surface area contributed by atoms with Crippen molar-refractivity contribution >= 4 is 22.8 Å².